The Morgan fingerprint density at radius 1 is 1.08 bits per heavy atom. The van der Waals surface area contributed by atoms with E-state index >= 15 is 0 Å². The molecule has 0 atom stereocenters. The normalized spacial score (nSPS) is 11.1. The Morgan fingerprint density at radius 3 is 2.12 bits per heavy atom. The van der Waals surface area contributed by atoms with Gasteiger partial charge in [0, 0.05) is 17.6 Å². The number of anilines is 1. The van der Waals surface area contributed by atoms with Gasteiger partial charge in [0.2, 0.25) is 0 Å². The predicted molar refractivity (Wildman–Crippen MR) is 92.4 cm³/mol. The minimum absolute atomic E-state index is 0.0958. The van der Waals surface area contributed by atoms with Gasteiger partial charge in [0.05, 0.1) is 0 Å². The molecule has 0 bridgehead atoms. The molecular weight excluding hydrogens is 353 g/mol. The Kier molecular flexibility index (Phi) is 5.84. The topological polar surface area (TPSA) is 50.4 Å². The van der Waals surface area contributed by atoms with Gasteiger partial charge in [0.1, 0.15) is 11.5 Å². The highest BCUT2D eigenvalue weighted by molar-refractivity contribution is 8.00. The Hall–Kier alpha value is -2.35. The van der Waals surface area contributed by atoms with Gasteiger partial charge in [-0.3, -0.25) is 0 Å². The van der Waals surface area contributed by atoms with Gasteiger partial charge in [-0.25, -0.2) is 4.79 Å². The third-order valence-corrected chi connectivity index (χ3v) is 3.96. The zero-order chi connectivity index (χ0) is 18.6. The number of alkyl halides is 3. The summed E-state index contributed by atoms with van der Waals surface area (Å²) >= 11 is -0.170. The van der Waals surface area contributed by atoms with Crippen LogP contribution in [-0.4, -0.2) is 18.6 Å². The lowest BCUT2D eigenvalue weighted by Crippen LogP contribution is -2.24. The van der Waals surface area contributed by atoms with Crippen LogP contribution in [0.5, 0.6) is 11.5 Å². The summed E-state index contributed by atoms with van der Waals surface area (Å²) in [6.45, 7) is 3.65. The predicted octanol–water partition coefficient (Wildman–Crippen LogP) is 5.46. The fourth-order valence-corrected chi connectivity index (χ4v) is 2.74. The van der Waals surface area contributed by atoms with Crippen LogP contribution in [0.4, 0.5) is 23.7 Å². The molecule has 134 valence electrons. The van der Waals surface area contributed by atoms with Gasteiger partial charge >= 0.3 is 11.5 Å². The average molecular weight is 370 g/mol. The number of nitrogens with one attached hydrogen (secondary N) is 2. The van der Waals surface area contributed by atoms with Crippen molar-refractivity contribution in [3.63, 3.8) is 0 Å². The summed E-state index contributed by atoms with van der Waals surface area (Å²) in [4.78, 5) is 11.5. The molecule has 0 unspecified atom stereocenters. The second-order valence-corrected chi connectivity index (χ2v) is 6.40. The zero-order valence-electron chi connectivity index (χ0n) is 13.8. The Labute approximate surface area is 147 Å². The second kappa shape index (κ2) is 7.69. The largest absolute Gasteiger partial charge is 0.457 e. The number of hydrogen-bond acceptors (Lipinski definition) is 3. The van der Waals surface area contributed by atoms with Crippen molar-refractivity contribution in [2.75, 3.05) is 12.4 Å². The standard InChI is InChI=1S/C17H17F3N2O2S/c1-10-8-12(22-16(23)21-3)9-11(2)15(10)24-13-4-6-14(7-5-13)25-17(18,19)20/h4-9H,1-3H3,(H2,21,22,23). The summed E-state index contributed by atoms with van der Waals surface area (Å²) in [5.74, 6) is 1.03. The highest BCUT2D eigenvalue weighted by Crippen LogP contribution is 2.38. The lowest BCUT2D eigenvalue weighted by molar-refractivity contribution is -0.0328. The number of aryl methyl sites for hydroxylation is 2. The molecule has 4 nitrogen and oxygen atoms in total. The maximum atomic E-state index is 12.3. The number of amides is 2. The molecule has 2 aromatic rings. The van der Waals surface area contributed by atoms with E-state index in [-0.39, 0.29) is 22.7 Å². The van der Waals surface area contributed by atoms with Crippen molar-refractivity contribution in [2.45, 2.75) is 24.3 Å². The van der Waals surface area contributed by atoms with E-state index in [0.29, 0.717) is 17.2 Å². The lowest BCUT2D eigenvalue weighted by Gasteiger charge is -2.15. The Balaban J connectivity index is 2.16. The second-order valence-electron chi connectivity index (χ2n) is 5.26. The SMILES string of the molecule is CNC(=O)Nc1cc(C)c(Oc2ccc(SC(F)(F)F)cc2)c(C)c1. The van der Waals surface area contributed by atoms with E-state index in [9.17, 15) is 18.0 Å². The summed E-state index contributed by atoms with van der Waals surface area (Å²) in [5, 5.41) is 5.14. The molecule has 0 saturated heterocycles. The van der Waals surface area contributed by atoms with E-state index in [0.717, 1.165) is 11.1 Å². The molecule has 25 heavy (non-hydrogen) atoms. The quantitative estimate of drug-likeness (QED) is 0.703. The average Bonchev–Trinajstić information content (AvgIpc) is 2.51. The molecule has 0 aliphatic rings. The first-order valence-corrected chi connectivity index (χ1v) is 8.13. The Bertz CT molecular complexity index is 738. The van der Waals surface area contributed by atoms with Crippen LogP contribution < -0.4 is 15.4 Å². The number of ether oxygens (including phenoxy) is 1. The number of benzene rings is 2. The fourth-order valence-electron chi connectivity index (χ4n) is 2.20. The molecule has 0 fully saturated rings. The third kappa shape index (κ3) is 5.60. The van der Waals surface area contributed by atoms with Crippen LogP contribution in [-0.2, 0) is 0 Å². The summed E-state index contributed by atoms with van der Waals surface area (Å²) in [6.07, 6.45) is 0. The number of hydrogen-bond donors (Lipinski definition) is 2. The summed E-state index contributed by atoms with van der Waals surface area (Å²) < 4.78 is 42.8. The van der Waals surface area contributed by atoms with Crippen molar-refractivity contribution in [1.29, 1.82) is 0 Å². The van der Waals surface area contributed by atoms with Gasteiger partial charge < -0.3 is 15.4 Å². The van der Waals surface area contributed by atoms with Gasteiger partial charge in [0.25, 0.3) is 0 Å². The van der Waals surface area contributed by atoms with E-state index in [4.69, 9.17) is 4.74 Å². The molecule has 0 spiro atoms. The number of carbonyl (C=O) groups excluding carboxylic acids is 1. The van der Waals surface area contributed by atoms with Gasteiger partial charge in [-0.15, -0.1) is 0 Å². The monoisotopic (exact) mass is 370 g/mol. The van der Waals surface area contributed by atoms with E-state index in [1.165, 1.54) is 31.3 Å². The maximum absolute atomic E-state index is 12.3. The van der Waals surface area contributed by atoms with Gasteiger partial charge in [0.15, 0.2) is 0 Å². The summed E-state index contributed by atoms with van der Waals surface area (Å²) in [5.41, 5.74) is -2.11. The number of halogens is 3. The molecule has 2 amide bonds. The molecular formula is C17H17F3N2O2S. The highest BCUT2D eigenvalue weighted by Gasteiger charge is 2.29. The van der Waals surface area contributed by atoms with Gasteiger partial charge in [-0.2, -0.15) is 13.2 Å². The molecule has 8 heteroatoms. The molecule has 0 heterocycles. The number of urea groups is 1. The maximum Gasteiger partial charge on any atom is 0.446 e. The van der Waals surface area contributed by atoms with Gasteiger partial charge in [-0.05, 0) is 73.1 Å². The first-order chi connectivity index (χ1) is 11.7. The van der Waals surface area contributed by atoms with Crippen LogP contribution >= 0.6 is 11.8 Å². The number of carbonyl (C=O) groups is 1. The van der Waals surface area contributed by atoms with E-state index in [1.54, 1.807) is 12.1 Å². The number of thioether (sulfide) groups is 1. The van der Waals surface area contributed by atoms with Crippen molar-refractivity contribution in [3.8, 4) is 11.5 Å². The van der Waals surface area contributed by atoms with Crippen LogP contribution in [0.1, 0.15) is 11.1 Å². The lowest BCUT2D eigenvalue weighted by atomic mass is 10.1. The van der Waals surface area contributed by atoms with Crippen LogP contribution in [0, 0.1) is 13.8 Å². The van der Waals surface area contributed by atoms with E-state index in [2.05, 4.69) is 10.6 Å². The molecule has 0 aliphatic carbocycles. The van der Waals surface area contributed by atoms with Crippen molar-refractivity contribution in [2.24, 2.45) is 0 Å². The van der Waals surface area contributed by atoms with Crippen molar-refractivity contribution in [1.82, 2.24) is 5.32 Å². The zero-order valence-corrected chi connectivity index (χ0v) is 14.6. The molecule has 2 rings (SSSR count). The fraction of sp³-hybridized carbons (Fsp3) is 0.235. The van der Waals surface area contributed by atoms with Crippen LogP contribution in [0.2, 0.25) is 0 Å². The summed E-state index contributed by atoms with van der Waals surface area (Å²) in [6, 6.07) is 8.88. The molecule has 2 aromatic carbocycles. The van der Waals surface area contributed by atoms with Crippen molar-refractivity contribution >= 4 is 23.5 Å². The van der Waals surface area contributed by atoms with Gasteiger partial charge in [-0.1, -0.05) is 0 Å². The smallest absolute Gasteiger partial charge is 0.446 e. The van der Waals surface area contributed by atoms with Crippen LogP contribution in [0.3, 0.4) is 0 Å². The van der Waals surface area contributed by atoms with Crippen molar-refractivity contribution < 1.29 is 22.7 Å². The molecule has 0 aromatic heterocycles. The summed E-state index contributed by atoms with van der Waals surface area (Å²) in [7, 11) is 1.52. The first-order valence-electron chi connectivity index (χ1n) is 7.31. The minimum atomic E-state index is -4.32. The molecule has 0 aliphatic heterocycles. The Morgan fingerprint density at radius 2 is 1.64 bits per heavy atom. The number of rotatable bonds is 4. The van der Waals surface area contributed by atoms with Crippen LogP contribution in [0.25, 0.3) is 0 Å². The van der Waals surface area contributed by atoms with Crippen LogP contribution in [0.15, 0.2) is 41.3 Å². The molecule has 0 radical (unpaired) electrons. The van der Waals surface area contributed by atoms with Crippen molar-refractivity contribution in [3.05, 3.63) is 47.5 Å². The molecule has 0 saturated carbocycles. The molecule has 2 N–H and O–H groups in total. The van der Waals surface area contributed by atoms with E-state index in [1.807, 2.05) is 13.8 Å². The minimum Gasteiger partial charge on any atom is -0.457 e. The van der Waals surface area contributed by atoms with E-state index < -0.39 is 5.51 Å². The third-order valence-electron chi connectivity index (χ3n) is 3.22. The first kappa shape index (κ1) is 19.0. The highest BCUT2D eigenvalue weighted by atomic mass is 32.2.